The summed E-state index contributed by atoms with van der Waals surface area (Å²) in [5.41, 5.74) is -0.715. The number of terminal acetylenes is 1. The van der Waals surface area contributed by atoms with Gasteiger partial charge in [-0.05, 0) is 18.1 Å². The topological polar surface area (TPSA) is 58.2 Å². The Hall–Kier alpha value is -2.42. The van der Waals surface area contributed by atoms with Crippen molar-refractivity contribution in [1.82, 2.24) is 10.6 Å². The van der Waals surface area contributed by atoms with Crippen molar-refractivity contribution in [2.75, 3.05) is 6.54 Å². The number of amides is 2. The van der Waals surface area contributed by atoms with Crippen LogP contribution in [0.3, 0.4) is 0 Å². The van der Waals surface area contributed by atoms with Crippen molar-refractivity contribution in [3.8, 4) is 12.3 Å². The third-order valence-corrected chi connectivity index (χ3v) is 2.79. The average Bonchev–Trinajstić information content (AvgIpc) is 2.41. The van der Waals surface area contributed by atoms with Crippen LogP contribution in [0.4, 0.5) is 8.78 Å². The Balaban J connectivity index is 2.92. The molecule has 1 rings (SSSR count). The molecule has 0 aliphatic carbocycles. The second-order valence-electron chi connectivity index (χ2n) is 4.71. The van der Waals surface area contributed by atoms with Crippen molar-refractivity contribution in [1.29, 1.82) is 0 Å². The van der Waals surface area contributed by atoms with Crippen molar-refractivity contribution in [3.05, 3.63) is 35.4 Å². The lowest BCUT2D eigenvalue weighted by atomic mass is 10.0. The predicted molar refractivity (Wildman–Crippen MR) is 74.3 cm³/mol. The smallest absolute Gasteiger partial charge is 0.257 e. The van der Waals surface area contributed by atoms with Crippen molar-refractivity contribution in [3.63, 3.8) is 0 Å². The summed E-state index contributed by atoms with van der Waals surface area (Å²) in [6, 6.07) is 2.16. The molecule has 6 heteroatoms. The molecule has 0 aromatic heterocycles. The van der Waals surface area contributed by atoms with Gasteiger partial charge < -0.3 is 10.6 Å². The van der Waals surface area contributed by atoms with Gasteiger partial charge in [0.2, 0.25) is 5.91 Å². The van der Waals surface area contributed by atoms with Gasteiger partial charge in [-0.3, -0.25) is 9.59 Å². The Kier molecular flexibility index (Phi) is 5.85. The van der Waals surface area contributed by atoms with E-state index < -0.39 is 35.1 Å². The molecule has 0 radical (unpaired) electrons. The van der Waals surface area contributed by atoms with E-state index in [1.54, 1.807) is 13.8 Å². The van der Waals surface area contributed by atoms with Crippen LogP contribution >= 0.6 is 0 Å². The number of benzene rings is 1. The van der Waals surface area contributed by atoms with Gasteiger partial charge in [-0.1, -0.05) is 25.8 Å². The fraction of sp³-hybridized carbons (Fsp3) is 0.333. The predicted octanol–water partition coefficient (Wildman–Crippen LogP) is 1.47. The van der Waals surface area contributed by atoms with Crippen molar-refractivity contribution in [2.24, 2.45) is 5.92 Å². The van der Waals surface area contributed by atoms with E-state index in [9.17, 15) is 18.4 Å². The summed E-state index contributed by atoms with van der Waals surface area (Å²) in [6.07, 6.45) is 5.03. The van der Waals surface area contributed by atoms with Crippen LogP contribution in [0.25, 0.3) is 0 Å². The summed E-state index contributed by atoms with van der Waals surface area (Å²) in [4.78, 5) is 23.8. The molecular formula is C15H16F2N2O2. The van der Waals surface area contributed by atoms with E-state index in [2.05, 4.69) is 16.6 Å². The zero-order valence-corrected chi connectivity index (χ0v) is 11.7. The molecule has 0 aliphatic rings. The molecule has 1 aromatic rings. The number of carbonyl (C=O) groups is 2. The quantitative estimate of drug-likeness (QED) is 0.808. The van der Waals surface area contributed by atoms with Crippen LogP contribution in [-0.4, -0.2) is 24.4 Å². The van der Waals surface area contributed by atoms with Gasteiger partial charge >= 0.3 is 0 Å². The van der Waals surface area contributed by atoms with E-state index in [0.29, 0.717) is 0 Å². The number of hydrogen-bond acceptors (Lipinski definition) is 2. The Morgan fingerprint density at radius 2 is 1.86 bits per heavy atom. The molecular weight excluding hydrogens is 278 g/mol. The molecule has 0 unspecified atom stereocenters. The van der Waals surface area contributed by atoms with Crippen LogP contribution in [0.2, 0.25) is 0 Å². The molecule has 1 aromatic carbocycles. The molecule has 0 heterocycles. The van der Waals surface area contributed by atoms with Gasteiger partial charge in [0.05, 0.1) is 6.54 Å². The lowest BCUT2D eigenvalue weighted by molar-refractivity contribution is -0.123. The minimum absolute atomic E-state index is 0.00594. The Morgan fingerprint density at radius 3 is 2.33 bits per heavy atom. The molecule has 1 atom stereocenters. The van der Waals surface area contributed by atoms with Gasteiger partial charge in [0, 0.05) is 0 Å². The van der Waals surface area contributed by atoms with Gasteiger partial charge in [-0.25, -0.2) is 8.78 Å². The van der Waals surface area contributed by atoms with Gasteiger partial charge in [0.25, 0.3) is 5.91 Å². The SMILES string of the molecule is C#CCNC(=O)[C@@H](NC(=O)c1c(F)cccc1F)C(C)C. The molecule has 4 nitrogen and oxygen atoms in total. The highest BCUT2D eigenvalue weighted by Crippen LogP contribution is 2.13. The molecule has 0 spiro atoms. The minimum atomic E-state index is -0.987. The number of carbonyl (C=O) groups excluding carboxylic acids is 2. The van der Waals surface area contributed by atoms with Gasteiger partial charge in [-0.2, -0.15) is 0 Å². The molecule has 112 valence electrons. The van der Waals surface area contributed by atoms with E-state index in [1.807, 2.05) is 0 Å². The zero-order chi connectivity index (χ0) is 16.0. The lowest BCUT2D eigenvalue weighted by Gasteiger charge is -2.21. The van der Waals surface area contributed by atoms with E-state index in [0.717, 1.165) is 18.2 Å². The van der Waals surface area contributed by atoms with E-state index >= 15 is 0 Å². The first-order valence-electron chi connectivity index (χ1n) is 6.34. The van der Waals surface area contributed by atoms with Crippen LogP contribution in [0.5, 0.6) is 0 Å². The number of hydrogen-bond donors (Lipinski definition) is 2. The number of nitrogens with one attached hydrogen (secondary N) is 2. The molecule has 2 N–H and O–H groups in total. The van der Waals surface area contributed by atoms with Gasteiger partial charge in [0.1, 0.15) is 23.2 Å². The highest BCUT2D eigenvalue weighted by atomic mass is 19.1. The third kappa shape index (κ3) is 4.28. The molecule has 0 aliphatic heterocycles. The van der Waals surface area contributed by atoms with Crippen molar-refractivity contribution in [2.45, 2.75) is 19.9 Å². The fourth-order valence-electron chi connectivity index (χ4n) is 1.71. The maximum absolute atomic E-state index is 13.5. The molecule has 0 saturated carbocycles. The third-order valence-electron chi connectivity index (χ3n) is 2.79. The second kappa shape index (κ2) is 7.39. The van der Waals surface area contributed by atoms with Crippen LogP contribution < -0.4 is 10.6 Å². The van der Waals surface area contributed by atoms with Crippen molar-refractivity contribution < 1.29 is 18.4 Å². The summed E-state index contributed by atoms with van der Waals surface area (Å²) >= 11 is 0. The highest BCUT2D eigenvalue weighted by Gasteiger charge is 2.26. The summed E-state index contributed by atoms with van der Waals surface area (Å²) in [5, 5.41) is 4.75. The maximum atomic E-state index is 13.5. The van der Waals surface area contributed by atoms with Crippen LogP contribution in [0, 0.1) is 29.9 Å². The molecule has 0 saturated heterocycles. The Labute approximate surface area is 121 Å². The molecule has 2 amide bonds. The number of rotatable bonds is 5. The van der Waals surface area contributed by atoms with Gasteiger partial charge in [0.15, 0.2) is 0 Å². The highest BCUT2D eigenvalue weighted by molar-refractivity contribution is 5.98. The zero-order valence-electron chi connectivity index (χ0n) is 11.7. The molecule has 0 fully saturated rings. The minimum Gasteiger partial charge on any atom is -0.343 e. The summed E-state index contributed by atoms with van der Waals surface area (Å²) < 4.78 is 27.1. The first-order valence-corrected chi connectivity index (χ1v) is 6.34. The number of halogens is 2. The molecule has 0 bridgehead atoms. The van der Waals surface area contributed by atoms with E-state index in [-0.39, 0.29) is 12.5 Å². The standard InChI is InChI=1S/C15H16F2N2O2/c1-4-8-18-15(21)13(9(2)3)19-14(20)12-10(16)6-5-7-11(12)17/h1,5-7,9,13H,8H2,2-3H3,(H,18,21)(H,19,20)/t13-/m0/s1. The largest absolute Gasteiger partial charge is 0.343 e. The summed E-state index contributed by atoms with van der Waals surface area (Å²) in [7, 11) is 0. The van der Waals surface area contributed by atoms with Crippen LogP contribution in [0.15, 0.2) is 18.2 Å². The first kappa shape index (κ1) is 16.6. The Morgan fingerprint density at radius 1 is 1.29 bits per heavy atom. The van der Waals surface area contributed by atoms with Crippen LogP contribution in [0.1, 0.15) is 24.2 Å². The monoisotopic (exact) mass is 294 g/mol. The van der Waals surface area contributed by atoms with Crippen molar-refractivity contribution >= 4 is 11.8 Å². The Bertz CT molecular complexity index is 559. The first-order chi connectivity index (χ1) is 9.88. The van der Waals surface area contributed by atoms with E-state index in [1.165, 1.54) is 0 Å². The molecule has 21 heavy (non-hydrogen) atoms. The second-order valence-corrected chi connectivity index (χ2v) is 4.71. The summed E-state index contributed by atoms with van der Waals surface area (Å²) in [5.74, 6) is -1.51. The fourth-order valence-corrected chi connectivity index (χ4v) is 1.71. The van der Waals surface area contributed by atoms with Crippen LogP contribution in [-0.2, 0) is 4.79 Å². The lowest BCUT2D eigenvalue weighted by Crippen LogP contribution is -2.50. The average molecular weight is 294 g/mol. The van der Waals surface area contributed by atoms with E-state index in [4.69, 9.17) is 6.42 Å². The normalized spacial score (nSPS) is 11.6. The van der Waals surface area contributed by atoms with Gasteiger partial charge in [-0.15, -0.1) is 6.42 Å². The maximum Gasteiger partial charge on any atom is 0.257 e. The summed E-state index contributed by atoms with van der Waals surface area (Å²) in [6.45, 7) is 3.39.